The third-order valence-corrected chi connectivity index (χ3v) is 4.52. The molecule has 1 aromatic carbocycles. The fraction of sp³-hybridized carbons (Fsp3) is 0.111. The number of pyridine rings is 1. The molecule has 0 saturated carbocycles. The molecule has 0 unspecified atom stereocenters. The van der Waals surface area contributed by atoms with Crippen LogP contribution in [0.15, 0.2) is 49.1 Å². The number of aromatic nitrogens is 6. The van der Waals surface area contributed by atoms with E-state index in [1.165, 1.54) is 12.1 Å². The van der Waals surface area contributed by atoms with Gasteiger partial charge in [-0.3, -0.25) is 4.98 Å². The van der Waals surface area contributed by atoms with Crippen molar-refractivity contribution in [1.29, 1.82) is 0 Å². The Kier molecular flexibility index (Phi) is 2.85. The molecule has 0 spiro atoms. The Balaban J connectivity index is 1.83. The quantitative estimate of drug-likeness (QED) is 0.473. The average Bonchev–Trinajstić information content (AvgIpc) is 3.17. The van der Waals surface area contributed by atoms with Crippen molar-refractivity contribution >= 4 is 0 Å². The second kappa shape index (κ2) is 5.07. The van der Waals surface area contributed by atoms with E-state index in [1.807, 2.05) is 23.6 Å². The molecule has 122 valence electrons. The van der Waals surface area contributed by atoms with Crippen molar-refractivity contribution in [3.63, 3.8) is 0 Å². The number of hydrogen-bond acceptors (Lipinski definition) is 4. The Bertz CT molecular complexity index is 1100. The highest BCUT2D eigenvalue weighted by Gasteiger charge is 2.25. The number of hydrogen-bond donors (Lipinski definition) is 0. The molecule has 3 aromatic heterocycles. The molecule has 0 fully saturated rings. The number of benzene rings is 1. The lowest BCUT2D eigenvalue weighted by Gasteiger charge is -2.09. The maximum absolute atomic E-state index is 13.9. The van der Waals surface area contributed by atoms with Crippen molar-refractivity contribution in [3.8, 4) is 22.6 Å². The fourth-order valence-corrected chi connectivity index (χ4v) is 3.30. The van der Waals surface area contributed by atoms with Crippen LogP contribution in [0.5, 0.6) is 0 Å². The van der Waals surface area contributed by atoms with Crippen molar-refractivity contribution in [3.05, 3.63) is 72.0 Å². The number of fused-ring (bicyclic) bond motifs is 5. The van der Waals surface area contributed by atoms with E-state index in [1.54, 1.807) is 29.5 Å². The van der Waals surface area contributed by atoms with E-state index in [0.29, 0.717) is 12.1 Å². The second-order valence-corrected chi connectivity index (χ2v) is 5.99. The molecule has 4 heterocycles. The van der Waals surface area contributed by atoms with Crippen LogP contribution in [-0.4, -0.2) is 29.5 Å². The Morgan fingerprint density at radius 3 is 2.88 bits per heavy atom. The van der Waals surface area contributed by atoms with Gasteiger partial charge in [-0.05, 0) is 31.2 Å². The molecule has 1 aliphatic rings. The SMILES string of the molecule is Cc1nnn2c1Cc1c(-c3cccnc3)ncn1-c1ccc(F)cc1-2. The summed E-state index contributed by atoms with van der Waals surface area (Å²) in [4.78, 5) is 8.79. The highest BCUT2D eigenvalue weighted by atomic mass is 19.1. The Hall–Kier alpha value is -3.35. The van der Waals surface area contributed by atoms with Gasteiger partial charge in [0.2, 0.25) is 0 Å². The zero-order valence-electron chi connectivity index (χ0n) is 13.4. The van der Waals surface area contributed by atoms with Gasteiger partial charge in [-0.15, -0.1) is 5.10 Å². The predicted molar refractivity (Wildman–Crippen MR) is 89.2 cm³/mol. The van der Waals surface area contributed by atoms with Crippen LogP contribution in [0.3, 0.4) is 0 Å². The zero-order chi connectivity index (χ0) is 17.0. The highest BCUT2D eigenvalue weighted by Crippen LogP contribution is 2.33. The Morgan fingerprint density at radius 1 is 1.12 bits per heavy atom. The van der Waals surface area contributed by atoms with Gasteiger partial charge in [-0.25, -0.2) is 14.1 Å². The van der Waals surface area contributed by atoms with Crippen molar-refractivity contribution in [2.45, 2.75) is 13.3 Å². The Labute approximate surface area is 142 Å². The van der Waals surface area contributed by atoms with E-state index in [9.17, 15) is 4.39 Å². The average molecular weight is 332 g/mol. The molecule has 1 aliphatic heterocycles. The largest absolute Gasteiger partial charge is 0.300 e. The van der Waals surface area contributed by atoms with Crippen LogP contribution in [-0.2, 0) is 6.42 Å². The van der Waals surface area contributed by atoms with Crippen LogP contribution in [0.2, 0.25) is 0 Å². The summed E-state index contributed by atoms with van der Waals surface area (Å²) in [6, 6.07) is 8.54. The van der Waals surface area contributed by atoms with Gasteiger partial charge in [-0.1, -0.05) is 5.21 Å². The summed E-state index contributed by atoms with van der Waals surface area (Å²) in [5.74, 6) is -0.311. The van der Waals surface area contributed by atoms with E-state index in [-0.39, 0.29) is 5.82 Å². The van der Waals surface area contributed by atoms with E-state index in [0.717, 1.165) is 34.0 Å². The number of aryl methyl sites for hydroxylation is 1. The Morgan fingerprint density at radius 2 is 2.04 bits per heavy atom. The van der Waals surface area contributed by atoms with Gasteiger partial charge in [0.25, 0.3) is 0 Å². The molecule has 5 rings (SSSR count). The fourth-order valence-electron chi connectivity index (χ4n) is 3.30. The summed E-state index contributed by atoms with van der Waals surface area (Å²) >= 11 is 0. The molecule has 25 heavy (non-hydrogen) atoms. The number of imidazole rings is 1. The summed E-state index contributed by atoms with van der Waals surface area (Å²) in [6.45, 7) is 1.91. The zero-order valence-corrected chi connectivity index (χ0v) is 13.4. The van der Waals surface area contributed by atoms with Crippen molar-refractivity contribution in [2.75, 3.05) is 0 Å². The van der Waals surface area contributed by atoms with E-state index >= 15 is 0 Å². The summed E-state index contributed by atoms with van der Waals surface area (Å²) in [7, 11) is 0. The summed E-state index contributed by atoms with van der Waals surface area (Å²) < 4.78 is 17.6. The highest BCUT2D eigenvalue weighted by molar-refractivity contribution is 5.65. The molecule has 0 amide bonds. The van der Waals surface area contributed by atoms with Crippen molar-refractivity contribution in [1.82, 2.24) is 29.5 Å². The van der Waals surface area contributed by atoms with Crippen LogP contribution < -0.4 is 0 Å². The molecular weight excluding hydrogens is 319 g/mol. The predicted octanol–water partition coefficient (Wildman–Crippen LogP) is 2.87. The standard InChI is InChI=1S/C18H13FN6/c1-11-15-8-17-18(12-3-2-6-20-9-12)21-10-24(17)14-5-4-13(19)7-16(14)25(15)23-22-11/h2-7,9-10H,8H2,1H3. The van der Waals surface area contributed by atoms with Crippen LogP contribution in [0, 0.1) is 12.7 Å². The van der Waals surface area contributed by atoms with Gasteiger partial charge in [0.15, 0.2) is 0 Å². The number of nitrogens with zero attached hydrogens (tertiary/aromatic N) is 6. The third-order valence-electron chi connectivity index (χ3n) is 4.52. The lowest BCUT2D eigenvalue weighted by atomic mass is 10.1. The van der Waals surface area contributed by atoms with Gasteiger partial charge in [0, 0.05) is 30.4 Å². The lowest BCUT2D eigenvalue weighted by molar-refractivity contribution is 0.624. The monoisotopic (exact) mass is 332 g/mol. The molecule has 0 saturated heterocycles. The minimum absolute atomic E-state index is 0.311. The molecule has 0 aliphatic carbocycles. The third kappa shape index (κ3) is 2.02. The topological polar surface area (TPSA) is 61.4 Å². The van der Waals surface area contributed by atoms with E-state index < -0.39 is 0 Å². The van der Waals surface area contributed by atoms with Gasteiger partial charge in [-0.2, -0.15) is 0 Å². The number of halogens is 1. The first-order valence-corrected chi connectivity index (χ1v) is 7.90. The molecule has 0 atom stereocenters. The van der Waals surface area contributed by atoms with Crippen molar-refractivity contribution in [2.24, 2.45) is 0 Å². The summed E-state index contributed by atoms with van der Waals surface area (Å²) in [5.41, 5.74) is 6.03. The summed E-state index contributed by atoms with van der Waals surface area (Å²) in [5, 5.41) is 8.39. The van der Waals surface area contributed by atoms with E-state index in [2.05, 4.69) is 20.3 Å². The smallest absolute Gasteiger partial charge is 0.125 e. The van der Waals surface area contributed by atoms with Gasteiger partial charge in [0.05, 0.1) is 34.2 Å². The molecule has 4 aromatic rings. The van der Waals surface area contributed by atoms with Crippen LogP contribution >= 0.6 is 0 Å². The first-order valence-electron chi connectivity index (χ1n) is 7.90. The van der Waals surface area contributed by atoms with Crippen molar-refractivity contribution < 1.29 is 4.39 Å². The second-order valence-electron chi connectivity index (χ2n) is 5.99. The minimum atomic E-state index is -0.311. The maximum Gasteiger partial charge on any atom is 0.125 e. The molecule has 0 N–H and O–H groups in total. The lowest BCUT2D eigenvalue weighted by Crippen LogP contribution is -2.04. The van der Waals surface area contributed by atoms with Crippen LogP contribution in [0.4, 0.5) is 4.39 Å². The molecule has 6 nitrogen and oxygen atoms in total. The molecule has 0 radical (unpaired) electrons. The van der Waals surface area contributed by atoms with Crippen LogP contribution in [0.1, 0.15) is 17.1 Å². The van der Waals surface area contributed by atoms with Crippen LogP contribution in [0.25, 0.3) is 22.6 Å². The number of rotatable bonds is 1. The van der Waals surface area contributed by atoms with Gasteiger partial charge < -0.3 is 4.57 Å². The first-order chi connectivity index (χ1) is 12.2. The first kappa shape index (κ1) is 14.0. The van der Waals surface area contributed by atoms with E-state index in [4.69, 9.17) is 0 Å². The van der Waals surface area contributed by atoms with Gasteiger partial charge in [0.1, 0.15) is 12.1 Å². The van der Waals surface area contributed by atoms with Gasteiger partial charge >= 0.3 is 0 Å². The summed E-state index contributed by atoms with van der Waals surface area (Å²) in [6.07, 6.45) is 5.89. The maximum atomic E-state index is 13.9. The molecular formula is C18H13FN6. The minimum Gasteiger partial charge on any atom is -0.300 e. The normalized spacial score (nSPS) is 12.2. The molecule has 7 heteroatoms. The molecule has 0 bridgehead atoms.